The average molecular weight is 481 g/mol. The van der Waals surface area contributed by atoms with Crippen LogP contribution in [0.25, 0.3) is 17.4 Å². The largest absolute Gasteiger partial charge is 0.456 e. The number of rotatable bonds is 4. The van der Waals surface area contributed by atoms with Crippen LogP contribution in [0.2, 0.25) is 0 Å². The fraction of sp³-hybridized carbons (Fsp3) is 0.130. The van der Waals surface area contributed by atoms with Crippen molar-refractivity contribution in [3.63, 3.8) is 0 Å². The third kappa shape index (κ3) is 3.77. The summed E-state index contributed by atoms with van der Waals surface area (Å²) in [4.78, 5) is 26.0. The van der Waals surface area contributed by atoms with Crippen molar-refractivity contribution in [2.24, 2.45) is 0 Å². The fourth-order valence-electron chi connectivity index (χ4n) is 3.57. The van der Waals surface area contributed by atoms with Gasteiger partial charge in [0.05, 0.1) is 21.1 Å². The third-order valence-corrected chi connectivity index (χ3v) is 6.68. The van der Waals surface area contributed by atoms with Gasteiger partial charge in [-0.3, -0.25) is 19.8 Å². The maximum Gasteiger partial charge on any atom is 0.280 e. The lowest BCUT2D eigenvalue weighted by Crippen LogP contribution is -2.27. The lowest BCUT2D eigenvalue weighted by molar-refractivity contribution is -0.384. The summed E-state index contributed by atoms with van der Waals surface area (Å²) in [5.41, 5.74) is 2.67. The van der Waals surface area contributed by atoms with E-state index >= 15 is 0 Å². The number of thioether (sulfide) groups is 1. The number of furan rings is 1. The number of nitro benzene ring substituents is 1. The minimum Gasteiger partial charge on any atom is -0.456 e. The van der Waals surface area contributed by atoms with Crippen LogP contribution in [0.1, 0.15) is 16.9 Å². The molecule has 1 aromatic heterocycles. The highest BCUT2D eigenvalue weighted by atomic mass is 32.2. The van der Waals surface area contributed by atoms with Gasteiger partial charge in [-0.05, 0) is 55.3 Å². The van der Waals surface area contributed by atoms with Crippen molar-refractivity contribution in [3.05, 3.63) is 74.4 Å². The number of nitro groups is 1. The van der Waals surface area contributed by atoms with E-state index in [1.807, 2.05) is 13.8 Å². The van der Waals surface area contributed by atoms with Crippen molar-refractivity contribution in [1.82, 2.24) is 0 Å². The Morgan fingerprint density at radius 2 is 1.85 bits per heavy atom. The molecule has 0 atom stereocenters. The predicted octanol–water partition coefficient (Wildman–Crippen LogP) is 5.61. The topological polar surface area (TPSA) is 95.1 Å². The highest BCUT2D eigenvalue weighted by molar-refractivity contribution is 8.27. The molecule has 10 heteroatoms. The molecule has 0 unspecified atom stereocenters. The average Bonchev–Trinajstić information content (AvgIpc) is 3.49. The number of carbonyl (C=O) groups is 1. The number of nitrogens with zero attached hydrogens (tertiary/aromatic N) is 2. The van der Waals surface area contributed by atoms with Crippen molar-refractivity contribution in [2.75, 3.05) is 11.7 Å². The van der Waals surface area contributed by atoms with Crippen LogP contribution in [0.15, 0.2) is 51.8 Å². The molecule has 0 bridgehead atoms. The van der Waals surface area contributed by atoms with Gasteiger partial charge in [0.25, 0.3) is 11.6 Å². The molecule has 3 heterocycles. The molecular weight excluding hydrogens is 464 g/mol. The summed E-state index contributed by atoms with van der Waals surface area (Å²) >= 11 is 6.58. The van der Waals surface area contributed by atoms with Gasteiger partial charge in [0.1, 0.15) is 11.5 Å². The van der Waals surface area contributed by atoms with Gasteiger partial charge in [-0.25, -0.2) is 0 Å². The molecule has 33 heavy (non-hydrogen) atoms. The molecule has 0 aliphatic carbocycles. The molecule has 8 nitrogen and oxygen atoms in total. The normalized spacial score (nSPS) is 16.2. The molecule has 1 saturated heterocycles. The first-order valence-electron chi connectivity index (χ1n) is 9.85. The van der Waals surface area contributed by atoms with Gasteiger partial charge in [0.2, 0.25) is 6.79 Å². The number of fused-ring (bicyclic) bond motifs is 1. The van der Waals surface area contributed by atoms with Gasteiger partial charge in [-0.15, -0.1) is 0 Å². The Labute approximate surface area is 197 Å². The summed E-state index contributed by atoms with van der Waals surface area (Å²) in [6, 6.07) is 11.8. The molecule has 2 aliphatic heterocycles. The number of benzene rings is 2. The van der Waals surface area contributed by atoms with Crippen molar-refractivity contribution in [2.45, 2.75) is 13.8 Å². The van der Waals surface area contributed by atoms with Crippen LogP contribution in [0.3, 0.4) is 0 Å². The lowest BCUT2D eigenvalue weighted by atomic mass is 10.0. The Hall–Kier alpha value is -3.63. The van der Waals surface area contributed by atoms with Crippen LogP contribution in [0.5, 0.6) is 11.5 Å². The molecule has 0 spiro atoms. The van der Waals surface area contributed by atoms with E-state index in [1.54, 1.807) is 42.5 Å². The number of aryl methyl sites for hydroxylation is 2. The Balaban J connectivity index is 1.45. The maximum absolute atomic E-state index is 13.1. The summed E-state index contributed by atoms with van der Waals surface area (Å²) in [5.74, 6) is 1.62. The lowest BCUT2D eigenvalue weighted by Gasteiger charge is -2.14. The first-order valence-corrected chi connectivity index (χ1v) is 11.1. The van der Waals surface area contributed by atoms with Gasteiger partial charge in [0, 0.05) is 18.2 Å². The second-order valence-electron chi connectivity index (χ2n) is 7.47. The zero-order valence-electron chi connectivity index (χ0n) is 17.5. The van der Waals surface area contributed by atoms with Crippen molar-refractivity contribution < 1.29 is 23.6 Å². The number of carbonyl (C=O) groups excluding carboxylic acids is 1. The van der Waals surface area contributed by atoms with Gasteiger partial charge in [0.15, 0.2) is 15.8 Å². The van der Waals surface area contributed by atoms with E-state index in [0.717, 1.165) is 22.9 Å². The van der Waals surface area contributed by atoms with Crippen molar-refractivity contribution in [3.8, 4) is 22.8 Å². The first kappa shape index (κ1) is 21.2. The van der Waals surface area contributed by atoms with Crippen molar-refractivity contribution >= 4 is 51.7 Å². The van der Waals surface area contributed by atoms with Crippen LogP contribution in [0.4, 0.5) is 11.4 Å². The minimum absolute atomic E-state index is 0.0341. The van der Waals surface area contributed by atoms with Gasteiger partial charge in [-0.1, -0.05) is 24.0 Å². The number of anilines is 1. The smallest absolute Gasteiger partial charge is 0.280 e. The molecule has 3 aromatic rings. The number of amides is 1. The van der Waals surface area contributed by atoms with Gasteiger partial charge >= 0.3 is 0 Å². The van der Waals surface area contributed by atoms with Gasteiger partial charge in [-0.2, -0.15) is 0 Å². The number of hydrogen-bond acceptors (Lipinski definition) is 8. The Morgan fingerprint density at radius 1 is 1.09 bits per heavy atom. The second-order valence-corrected chi connectivity index (χ2v) is 9.14. The molecule has 1 fully saturated rings. The molecule has 0 radical (unpaired) electrons. The zero-order valence-corrected chi connectivity index (χ0v) is 19.1. The molecule has 0 N–H and O–H groups in total. The van der Waals surface area contributed by atoms with Crippen LogP contribution in [0, 0.1) is 24.0 Å². The minimum atomic E-state index is -0.430. The Morgan fingerprint density at radius 3 is 2.64 bits per heavy atom. The molecule has 1 amide bonds. The molecule has 2 aromatic carbocycles. The Kier molecular flexibility index (Phi) is 5.18. The summed E-state index contributed by atoms with van der Waals surface area (Å²) < 4.78 is 16.9. The van der Waals surface area contributed by atoms with E-state index < -0.39 is 4.92 Å². The first-order chi connectivity index (χ1) is 15.8. The highest BCUT2D eigenvalue weighted by Crippen LogP contribution is 2.41. The molecule has 2 aliphatic rings. The molecule has 166 valence electrons. The quantitative estimate of drug-likeness (QED) is 0.206. The number of thiocarbonyl (C=S) groups is 1. The van der Waals surface area contributed by atoms with Crippen LogP contribution in [-0.2, 0) is 4.79 Å². The van der Waals surface area contributed by atoms with Crippen LogP contribution in [-0.4, -0.2) is 21.9 Å². The van der Waals surface area contributed by atoms with Gasteiger partial charge < -0.3 is 13.9 Å². The summed E-state index contributed by atoms with van der Waals surface area (Å²) in [7, 11) is 0. The molecule has 5 rings (SSSR count). The maximum atomic E-state index is 13.1. The van der Waals surface area contributed by atoms with Crippen LogP contribution >= 0.6 is 24.0 Å². The second kappa shape index (κ2) is 8.05. The fourth-order valence-corrected chi connectivity index (χ4v) is 4.85. The molecule has 0 saturated carbocycles. The summed E-state index contributed by atoms with van der Waals surface area (Å²) in [6.07, 6.45) is 1.59. The number of hydrogen-bond donors (Lipinski definition) is 0. The summed E-state index contributed by atoms with van der Waals surface area (Å²) in [5, 5.41) is 11.5. The monoisotopic (exact) mass is 480 g/mol. The van der Waals surface area contributed by atoms with E-state index in [0.29, 0.717) is 43.5 Å². The highest BCUT2D eigenvalue weighted by Gasteiger charge is 2.34. The van der Waals surface area contributed by atoms with E-state index in [4.69, 9.17) is 26.1 Å². The van der Waals surface area contributed by atoms with Crippen LogP contribution < -0.4 is 14.4 Å². The zero-order chi connectivity index (χ0) is 23.3. The van der Waals surface area contributed by atoms with E-state index in [9.17, 15) is 14.9 Å². The third-order valence-electron chi connectivity index (χ3n) is 5.38. The van der Waals surface area contributed by atoms with Crippen molar-refractivity contribution in [1.29, 1.82) is 0 Å². The van der Waals surface area contributed by atoms with E-state index in [2.05, 4.69) is 0 Å². The standard InChI is InChI=1S/C23H16N2O6S2/c1-12-7-16(17(25(27)28)8-13(12)2)18-6-4-15(31-18)10-21-22(26)24(23(32)33-21)14-3-5-19-20(9-14)30-11-29-19/h3-10H,11H2,1-2H3/b21-10-. The number of ether oxygens (including phenoxy) is 2. The SMILES string of the molecule is Cc1cc(-c2ccc(/C=C3\SC(=S)N(c4ccc5c(c4)OCO5)C3=O)o2)c([N+](=O)[O-])cc1C. The van der Waals surface area contributed by atoms with E-state index in [1.165, 1.54) is 11.0 Å². The molecular formula is C23H16N2O6S2. The van der Waals surface area contributed by atoms with E-state index in [-0.39, 0.29) is 18.4 Å². The predicted molar refractivity (Wildman–Crippen MR) is 128 cm³/mol. The Bertz CT molecular complexity index is 1380. The summed E-state index contributed by atoms with van der Waals surface area (Å²) in [6.45, 7) is 3.84.